The molecule has 0 aliphatic rings. The number of methoxy groups -OCH3 is 1. The summed E-state index contributed by atoms with van der Waals surface area (Å²) in [5.74, 6) is 0.622. The molecular formula is C17H16N2O2S. The van der Waals surface area contributed by atoms with Crippen molar-refractivity contribution in [3.8, 4) is 5.75 Å². The van der Waals surface area contributed by atoms with Crippen molar-refractivity contribution in [1.29, 1.82) is 0 Å². The number of fused-ring (bicyclic) bond motifs is 1. The highest BCUT2D eigenvalue weighted by Gasteiger charge is 2.13. The van der Waals surface area contributed by atoms with Crippen LogP contribution in [-0.2, 0) is 6.54 Å². The molecule has 2 aromatic carbocycles. The highest BCUT2D eigenvalue weighted by Crippen LogP contribution is 2.24. The highest BCUT2D eigenvalue weighted by atomic mass is 32.2. The van der Waals surface area contributed by atoms with E-state index in [0.717, 1.165) is 5.56 Å². The minimum absolute atomic E-state index is 0.0443. The summed E-state index contributed by atoms with van der Waals surface area (Å²) in [7, 11) is 1.59. The van der Waals surface area contributed by atoms with Gasteiger partial charge in [-0.1, -0.05) is 48.2 Å². The molecule has 1 heterocycles. The van der Waals surface area contributed by atoms with Crippen LogP contribution in [0.3, 0.4) is 0 Å². The van der Waals surface area contributed by atoms with Crippen LogP contribution in [0.5, 0.6) is 5.75 Å². The van der Waals surface area contributed by atoms with Crippen LogP contribution in [0.2, 0.25) is 0 Å². The molecule has 0 radical (unpaired) electrons. The highest BCUT2D eigenvalue weighted by molar-refractivity contribution is 7.98. The summed E-state index contributed by atoms with van der Waals surface area (Å²) in [5.41, 5.74) is 1.64. The van der Waals surface area contributed by atoms with E-state index in [1.807, 2.05) is 48.7 Å². The third-order valence-corrected chi connectivity index (χ3v) is 4.18. The van der Waals surface area contributed by atoms with Crippen LogP contribution in [0.4, 0.5) is 0 Å². The lowest BCUT2D eigenvalue weighted by Crippen LogP contribution is -2.24. The van der Waals surface area contributed by atoms with E-state index in [0.29, 0.717) is 28.4 Å². The Morgan fingerprint density at radius 3 is 2.59 bits per heavy atom. The Balaban J connectivity index is 2.22. The van der Waals surface area contributed by atoms with Crippen molar-refractivity contribution in [1.82, 2.24) is 9.55 Å². The maximum Gasteiger partial charge on any atom is 0.262 e. The van der Waals surface area contributed by atoms with Crippen LogP contribution in [0, 0.1) is 0 Å². The Labute approximate surface area is 132 Å². The zero-order chi connectivity index (χ0) is 15.5. The first kappa shape index (κ1) is 14.7. The number of hydrogen-bond donors (Lipinski definition) is 0. The van der Waals surface area contributed by atoms with E-state index >= 15 is 0 Å². The largest absolute Gasteiger partial charge is 0.494 e. The van der Waals surface area contributed by atoms with Crippen molar-refractivity contribution in [2.75, 3.05) is 13.4 Å². The van der Waals surface area contributed by atoms with Gasteiger partial charge in [0.05, 0.1) is 19.0 Å². The molecule has 0 aliphatic carbocycles. The van der Waals surface area contributed by atoms with Crippen molar-refractivity contribution in [2.24, 2.45) is 0 Å². The van der Waals surface area contributed by atoms with E-state index in [1.54, 1.807) is 17.7 Å². The molecule has 0 bridgehead atoms. The van der Waals surface area contributed by atoms with E-state index < -0.39 is 0 Å². The average Bonchev–Trinajstić information content (AvgIpc) is 2.57. The lowest BCUT2D eigenvalue weighted by Gasteiger charge is -2.13. The molecule has 0 amide bonds. The van der Waals surface area contributed by atoms with Crippen molar-refractivity contribution >= 4 is 22.7 Å². The Kier molecular flexibility index (Phi) is 4.15. The van der Waals surface area contributed by atoms with Gasteiger partial charge in [0.25, 0.3) is 5.56 Å². The van der Waals surface area contributed by atoms with Crippen molar-refractivity contribution in [3.05, 3.63) is 64.4 Å². The molecule has 0 N–H and O–H groups in total. The second-order valence-electron chi connectivity index (χ2n) is 4.83. The number of benzene rings is 2. The minimum Gasteiger partial charge on any atom is -0.494 e. The molecule has 3 aromatic rings. The second-order valence-corrected chi connectivity index (χ2v) is 5.61. The first-order chi connectivity index (χ1) is 10.7. The van der Waals surface area contributed by atoms with E-state index in [-0.39, 0.29) is 5.56 Å². The molecule has 0 spiro atoms. The average molecular weight is 312 g/mol. The normalized spacial score (nSPS) is 10.8. The van der Waals surface area contributed by atoms with E-state index in [9.17, 15) is 4.79 Å². The summed E-state index contributed by atoms with van der Waals surface area (Å²) < 4.78 is 7.03. The number of aromatic nitrogens is 2. The molecule has 4 nitrogen and oxygen atoms in total. The predicted octanol–water partition coefficient (Wildman–Crippen LogP) is 3.18. The van der Waals surface area contributed by atoms with Crippen molar-refractivity contribution in [3.63, 3.8) is 0 Å². The zero-order valence-corrected chi connectivity index (χ0v) is 13.3. The van der Waals surface area contributed by atoms with Gasteiger partial charge >= 0.3 is 0 Å². The third kappa shape index (κ3) is 2.60. The van der Waals surface area contributed by atoms with Crippen LogP contribution in [0.1, 0.15) is 5.56 Å². The predicted molar refractivity (Wildman–Crippen MR) is 89.9 cm³/mol. The Hall–Kier alpha value is -2.27. The number of rotatable bonds is 4. The quantitative estimate of drug-likeness (QED) is 0.548. The van der Waals surface area contributed by atoms with Gasteiger partial charge in [0.2, 0.25) is 0 Å². The fourth-order valence-corrected chi connectivity index (χ4v) is 2.97. The summed E-state index contributed by atoms with van der Waals surface area (Å²) in [6.07, 6.45) is 1.92. The summed E-state index contributed by atoms with van der Waals surface area (Å²) in [4.78, 5) is 17.5. The van der Waals surface area contributed by atoms with Crippen LogP contribution in [-0.4, -0.2) is 22.9 Å². The van der Waals surface area contributed by atoms with Gasteiger partial charge in [-0.2, -0.15) is 0 Å². The smallest absolute Gasteiger partial charge is 0.262 e. The minimum atomic E-state index is -0.0443. The fourth-order valence-electron chi connectivity index (χ4n) is 2.42. The van der Waals surface area contributed by atoms with Gasteiger partial charge in [-0.15, -0.1) is 0 Å². The third-order valence-electron chi connectivity index (χ3n) is 3.50. The second kappa shape index (κ2) is 6.23. The number of thioether (sulfide) groups is 1. The first-order valence-corrected chi connectivity index (χ1v) is 8.12. The van der Waals surface area contributed by atoms with Gasteiger partial charge in [0.1, 0.15) is 11.3 Å². The van der Waals surface area contributed by atoms with Crippen LogP contribution in [0.25, 0.3) is 10.9 Å². The number of para-hydroxylation sites is 1. The molecule has 0 fully saturated rings. The Morgan fingerprint density at radius 1 is 1.14 bits per heavy atom. The van der Waals surface area contributed by atoms with E-state index in [4.69, 9.17) is 4.74 Å². The topological polar surface area (TPSA) is 44.1 Å². The first-order valence-electron chi connectivity index (χ1n) is 6.90. The summed E-state index contributed by atoms with van der Waals surface area (Å²) in [6, 6.07) is 15.3. The molecule has 0 atom stereocenters. The molecule has 5 heteroatoms. The molecular weight excluding hydrogens is 296 g/mol. The molecule has 1 aromatic heterocycles. The van der Waals surface area contributed by atoms with Gasteiger partial charge in [0, 0.05) is 0 Å². The van der Waals surface area contributed by atoms with Crippen LogP contribution >= 0.6 is 11.8 Å². The SMILES string of the molecule is COc1cccc2c(=O)n(Cc3ccccc3)c(SC)nc12. The number of nitrogens with zero attached hydrogens (tertiary/aromatic N) is 2. The van der Waals surface area contributed by atoms with E-state index in [2.05, 4.69) is 4.98 Å². The van der Waals surface area contributed by atoms with Gasteiger partial charge < -0.3 is 4.74 Å². The van der Waals surface area contributed by atoms with Gasteiger partial charge in [-0.3, -0.25) is 9.36 Å². The van der Waals surface area contributed by atoms with Crippen molar-refractivity contribution < 1.29 is 4.74 Å². The lowest BCUT2D eigenvalue weighted by atomic mass is 10.2. The maximum atomic E-state index is 12.8. The van der Waals surface area contributed by atoms with Crippen molar-refractivity contribution in [2.45, 2.75) is 11.7 Å². The molecule has 0 saturated heterocycles. The molecule has 3 rings (SSSR count). The molecule has 0 aliphatic heterocycles. The molecule has 112 valence electrons. The van der Waals surface area contributed by atoms with Gasteiger partial charge in [0.15, 0.2) is 5.16 Å². The number of ether oxygens (including phenoxy) is 1. The summed E-state index contributed by atoms with van der Waals surface area (Å²) in [6.45, 7) is 0.510. The monoisotopic (exact) mass is 312 g/mol. The summed E-state index contributed by atoms with van der Waals surface area (Å²) in [5, 5.41) is 1.26. The van der Waals surface area contributed by atoms with Gasteiger partial charge in [-0.25, -0.2) is 4.98 Å². The molecule has 22 heavy (non-hydrogen) atoms. The number of hydrogen-bond acceptors (Lipinski definition) is 4. The van der Waals surface area contributed by atoms with Crippen LogP contribution in [0.15, 0.2) is 58.5 Å². The standard InChI is InChI=1S/C17H16N2O2S/c1-21-14-10-6-9-13-15(14)18-17(22-2)19(16(13)20)11-12-7-4-3-5-8-12/h3-10H,11H2,1-2H3. The van der Waals surface area contributed by atoms with Crippen LogP contribution < -0.4 is 10.3 Å². The summed E-state index contributed by atoms with van der Waals surface area (Å²) >= 11 is 1.46. The fraction of sp³-hybridized carbons (Fsp3) is 0.176. The maximum absolute atomic E-state index is 12.8. The zero-order valence-electron chi connectivity index (χ0n) is 12.4. The van der Waals surface area contributed by atoms with E-state index in [1.165, 1.54) is 11.8 Å². The lowest BCUT2D eigenvalue weighted by molar-refractivity contribution is 0.418. The van der Waals surface area contributed by atoms with Gasteiger partial charge in [-0.05, 0) is 24.0 Å². The molecule has 0 saturated carbocycles. The molecule has 0 unspecified atom stereocenters. The Morgan fingerprint density at radius 2 is 1.91 bits per heavy atom. The Bertz CT molecular complexity index is 860.